The van der Waals surface area contributed by atoms with Crippen molar-refractivity contribution in [3.63, 3.8) is 0 Å². The molecule has 0 radical (unpaired) electrons. The van der Waals surface area contributed by atoms with Crippen LogP contribution in [0, 0.1) is 29.6 Å². The van der Waals surface area contributed by atoms with Gasteiger partial charge in [0.2, 0.25) is 5.91 Å². The molecule has 0 aliphatic rings. The van der Waals surface area contributed by atoms with E-state index in [1.54, 1.807) is 4.90 Å². The Kier molecular flexibility index (Phi) is 6.89. The first-order valence-corrected chi connectivity index (χ1v) is 10.3. The van der Waals surface area contributed by atoms with Gasteiger partial charge in [-0.3, -0.25) is 9.36 Å². The van der Waals surface area contributed by atoms with Crippen molar-refractivity contribution >= 4 is 28.7 Å². The second-order valence-electron chi connectivity index (χ2n) is 6.54. The number of para-hydroxylation sites is 2. The van der Waals surface area contributed by atoms with Crippen molar-refractivity contribution in [2.24, 2.45) is 0 Å². The molecule has 1 amide bonds. The third kappa shape index (κ3) is 4.96. The smallest absolute Gasteiger partial charge is 0.233 e. The lowest BCUT2D eigenvalue weighted by Crippen LogP contribution is -2.34. The van der Waals surface area contributed by atoms with Gasteiger partial charge in [-0.2, -0.15) is 10.5 Å². The maximum Gasteiger partial charge on any atom is 0.233 e. The number of nitrogens with zero attached hydrogens (tertiary/aromatic N) is 5. The number of imidazole rings is 1. The summed E-state index contributed by atoms with van der Waals surface area (Å²) in [5.74, 6) is 0.106. The number of aromatic nitrogens is 2. The molecule has 0 aliphatic heterocycles. The van der Waals surface area contributed by atoms with Crippen LogP contribution < -0.4 is 0 Å². The van der Waals surface area contributed by atoms with Crippen LogP contribution in [0.3, 0.4) is 0 Å². The molecule has 0 N–H and O–H groups in total. The van der Waals surface area contributed by atoms with E-state index in [9.17, 15) is 4.79 Å². The Hall–Kier alpha value is -3.29. The van der Waals surface area contributed by atoms with E-state index in [-0.39, 0.29) is 24.5 Å². The largest absolute Gasteiger partial charge is 0.340 e. The highest BCUT2D eigenvalue weighted by molar-refractivity contribution is 7.99. The summed E-state index contributed by atoms with van der Waals surface area (Å²) in [5.41, 5.74) is 4.02. The molecule has 146 valence electrons. The quantitative estimate of drug-likeness (QED) is 0.529. The summed E-state index contributed by atoms with van der Waals surface area (Å²) in [7, 11) is 0. The third-order valence-electron chi connectivity index (χ3n) is 4.49. The summed E-state index contributed by atoms with van der Waals surface area (Å²) < 4.78 is 2.06. The number of carbonyl (C=O) groups excluding carboxylic acids is 1. The number of benzene rings is 2. The topological polar surface area (TPSA) is 85.7 Å². The van der Waals surface area contributed by atoms with Crippen molar-refractivity contribution < 1.29 is 4.79 Å². The fourth-order valence-corrected chi connectivity index (χ4v) is 3.92. The molecule has 0 bridgehead atoms. The normalized spacial score (nSPS) is 10.4. The number of carbonyl (C=O) groups is 1. The van der Waals surface area contributed by atoms with E-state index in [4.69, 9.17) is 15.5 Å². The molecule has 0 spiro atoms. The zero-order valence-corrected chi connectivity index (χ0v) is 17.0. The average molecular weight is 404 g/mol. The molecule has 0 aliphatic carbocycles. The minimum atomic E-state index is -0.0944. The molecular formula is C22H21N5OS. The molecule has 0 unspecified atom stereocenters. The van der Waals surface area contributed by atoms with Crippen LogP contribution in [-0.4, -0.2) is 39.2 Å². The number of hydrogen-bond donors (Lipinski definition) is 0. The lowest BCUT2D eigenvalue weighted by Gasteiger charge is -2.20. The minimum absolute atomic E-state index is 0.0944. The molecule has 0 saturated carbocycles. The number of hydrogen-bond acceptors (Lipinski definition) is 5. The Morgan fingerprint density at radius 1 is 1.07 bits per heavy atom. The van der Waals surface area contributed by atoms with E-state index in [0.717, 1.165) is 21.9 Å². The van der Waals surface area contributed by atoms with Crippen LogP contribution in [-0.2, 0) is 4.79 Å². The van der Waals surface area contributed by atoms with Crippen LogP contribution in [0.5, 0.6) is 0 Å². The lowest BCUT2D eigenvalue weighted by atomic mass is 10.2. The SMILES string of the molecule is Cc1ccc(-n2c(SCC(=O)N(CCC#N)CCC#N)nc3ccccc32)cc1. The average Bonchev–Trinajstić information content (AvgIpc) is 3.11. The van der Waals surface area contributed by atoms with Gasteiger partial charge in [0, 0.05) is 18.8 Å². The fourth-order valence-electron chi connectivity index (χ4n) is 2.99. The summed E-state index contributed by atoms with van der Waals surface area (Å²) in [6.45, 7) is 2.72. The Morgan fingerprint density at radius 2 is 1.72 bits per heavy atom. The van der Waals surface area contributed by atoms with E-state index in [2.05, 4.69) is 28.8 Å². The molecule has 7 heteroatoms. The van der Waals surface area contributed by atoms with Gasteiger partial charge in [0.05, 0.1) is 41.8 Å². The molecule has 1 aromatic heterocycles. The van der Waals surface area contributed by atoms with Crippen LogP contribution in [0.15, 0.2) is 53.7 Å². The number of rotatable bonds is 8. The maximum atomic E-state index is 12.7. The number of amides is 1. The van der Waals surface area contributed by atoms with Crippen molar-refractivity contribution in [1.82, 2.24) is 14.5 Å². The van der Waals surface area contributed by atoms with E-state index < -0.39 is 0 Å². The van der Waals surface area contributed by atoms with Crippen LogP contribution in [0.25, 0.3) is 16.7 Å². The Morgan fingerprint density at radius 3 is 2.38 bits per heavy atom. The fraction of sp³-hybridized carbons (Fsp3) is 0.273. The summed E-state index contributed by atoms with van der Waals surface area (Å²) in [6, 6.07) is 20.2. The van der Waals surface area contributed by atoms with Gasteiger partial charge < -0.3 is 4.90 Å². The van der Waals surface area contributed by atoms with Crippen molar-refractivity contribution in [2.45, 2.75) is 24.9 Å². The summed E-state index contributed by atoms with van der Waals surface area (Å²) in [4.78, 5) is 19.0. The zero-order chi connectivity index (χ0) is 20.6. The van der Waals surface area contributed by atoms with E-state index in [1.165, 1.54) is 17.3 Å². The third-order valence-corrected chi connectivity index (χ3v) is 5.41. The number of thioether (sulfide) groups is 1. The van der Waals surface area contributed by atoms with Gasteiger partial charge in [0.15, 0.2) is 5.16 Å². The molecule has 0 fully saturated rings. The van der Waals surface area contributed by atoms with Crippen molar-refractivity contribution in [1.29, 1.82) is 10.5 Å². The first-order chi connectivity index (χ1) is 14.1. The van der Waals surface area contributed by atoms with E-state index >= 15 is 0 Å². The monoisotopic (exact) mass is 403 g/mol. The molecule has 0 atom stereocenters. The predicted molar refractivity (Wildman–Crippen MR) is 114 cm³/mol. The number of fused-ring (bicyclic) bond motifs is 1. The molecule has 29 heavy (non-hydrogen) atoms. The van der Waals surface area contributed by atoms with Crippen molar-refractivity contribution in [3.8, 4) is 17.8 Å². The highest BCUT2D eigenvalue weighted by Crippen LogP contribution is 2.28. The minimum Gasteiger partial charge on any atom is -0.340 e. The zero-order valence-electron chi connectivity index (χ0n) is 16.2. The molecule has 6 nitrogen and oxygen atoms in total. The van der Waals surface area contributed by atoms with Crippen LogP contribution >= 0.6 is 11.8 Å². The maximum absolute atomic E-state index is 12.7. The van der Waals surface area contributed by atoms with Gasteiger partial charge >= 0.3 is 0 Å². The first-order valence-electron chi connectivity index (χ1n) is 9.33. The first kappa shape index (κ1) is 20.4. The molecule has 3 aromatic rings. The molecule has 2 aromatic carbocycles. The molecule has 3 rings (SSSR count). The number of nitriles is 2. The highest BCUT2D eigenvalue weighted by Gasteiger charge is 2.17. The van der Waals surface area contributed by atoms with Gasteiger partial charge in [-0.1, -0.05) is 41.6 Å². The number of aryl methyl sites for hydroxylation is 1. The van der Waals surface area contributed by atoms with E-state index in [1.807, 2.05) is 43.3 Å². The Labute approximate surface area is 174 Å². The van der Waals surface area contributed by atoms with Gasteiger partial charge in [0.25, 0.3) is 0 Å². The summed E-state index contributed by atoms with van der Waals surface area (Å²) in [6.07, 6.45) is 0.507. The molecular weight excluding hydrogens is 382 g/mol. The standard InChI is InChI=1S/C22H21N5OS/c1-17-8-10-18(11-9-17)27-20-7-3-2-6-19(20)25-22(27)29-16-21(28)26(14-4-12-23)15-5-13-24/h2-3,6-11H,4-5,14-16H2,1H3. The van der Waals surface area contributed by atoms with Crippen molar-refractivity contribution in [2.75, 3.05) is 18.8 Å². The van der Waals surface area contributed by atoms with Gasteiger partial charge in [-0.05, 0) is 31.2 Å². The summed E-state index contributed by atoms with van der Waals surface area (Å²) >= 11 is 1.37. The summed E-state index contributed by atoms with van der Waals surface area (Å²) in [5, 5.41) is 18.4. The van der Waals surface area contributed by atoms with Gasteiger partial charge in [-0.25, -0.2) is 4.98 Å². The molecule has 0 saturated heterocycles. The second-order valence-corrected chi connectivity index (χ2v) is 7.48. The predicted octanol–water partition coefficient (Wildman–Crippen LogP) is 4.08. The lowest BCUT2D eigenvalue weighted by molar-refractivity contribution is -0.128. The van der Waals surface area contributed by atoms with Crippen LogP contribution in [0.1, 0.15) is 18.4 Å². The van der Waals surface area contributed by atoms with Crippen LogP contribution in [0.2, 0.25) is 0 Å². The second kappa shape index (κ2) is 9.77. The van der Waals surface area contributed by atoms with Crippen molar-refractivity contribution in [3.05, 3.63) is 54.1 Å². The molecule has 1 heterocycles. The Balaban J connectivity index is 1.85. The van der Waals surface area contributed by atoms with E-state index in [0.29, 0.717) is 13.1 Å². The van der Waals surface area contributed by atoms with Crippen LogP contribution in [0.4, 0.5) is 0 Å². The highest BCUT2D eigenvalue weighted by atomic mass is 32.2. The van der Waals surface area contributed by atoms with Gasteiger partial charge in [-0.15, -0.1) is 0 Å². The Bertz CT molecular complexity index is 1060. The van der Waals surface area contributed by atoms with Gasteiger partial charge in [0.1, 0.15) is 0 Å².